The first-order valence-corrected chi connectivity index (χ1v) is 9.34. The number of aromatic nitrogens is 1. The Bertz CT molecular complexity index is 742. The standard InChI is InChI=1S/C21H25N3O2.ClH/c1-24(19-12-17-4-5-18(13-19)23-17)21(25)16-2-6-20(7-3-16)26-14-15-8-10-22-11-9-15;/h2-3,6-11,17-19,23H,4-5,12-14H2,1H3;1H. The summed E-state index contributed by atoms with van der Waals surface area (Å²) in [5.74, 6) is 0.859. The van der Waals surface area contributed by atoms with E-state index in [1.807, 2.05) is 48.3 Å². The maximum atomic E-state index is 12.8. The second-order valence-corrected chi connectivity index (χ2v) is 7.35. The summed E-state index contributed by atoms with van der Waals surface area (Å²) in [6.07, 6.45) is 8.11. The van der Waals surface area contributed by atoms with E-state index in [9.17, 15) is 4.79 Å². The second-order valence-electron chi connectivity index (χ2n) is 7.35. The van der Waals surface area contributed by atoms with Crippen molar-refractivity contribution in [3.63, 3.8) is 0 Å². The largest absolute Gasteiger partial charge is 0.489 e. The van der Waals surface area contributed by atoms with Crippen molar-refractivity contribution in [1.82, 2.24) is 15.2 Å². The van der Waals surface area contributed by atoms with Crippen molar-refractivity contribution in [3.8, 4) is 5.75 Å². The predicted octanol–water partition coefficient (Wildman–Crippen LogP) is 3.44. The van der Waals surface area contributed by atoms with Gasteiger partial charge in [-0.05, 0) is 67.6 Å². The minimum Gasteiger partial charge on any atom is -0.489 e. The van der Waals surface area contributed by atoms with Gasteiger partial charge in [0.15, 0.2) is 0 Å². The molecule has 0 radical (unpaired) electrons. The zero-order chi connectivity index (χ0) is 17.9. The summed E-state index contributed by atoms with van der Waals surface area (Å²) < 4.78 is 5.78. The lowest BCUT2D eigenvalue weighted by Gasteiger charge is -2.35. The summed E-state index contributed by atoms with van der Waals surface area (Å²) >= 11 is 0. The molecule has 4 rings (SSSR count). The fourth-order valence-electron chi connectivity index (χ4n) is 4.05. The molecule has 144 valence electrons. The normalized spacial score (nSPS) is 23.4. The maximum Gasteiger partial charge on any atom is 0.253 e. The number of ether oxygens (including phenoxy) is 1. The van der Waals surface area contributed by atoms with Gasteiger partial charge < -0.3 is 15.0 Å². The van der Waals surface area contributed by atoms with Crippen LogP contribution in [0.15, 0.2) is 48.8 Å². The molecule has 2 unspecified atom stereocenters. The van der Waals surface area contributed by atoms with Crippen LogP contribution in [0.3, 0.4) is 0 Å². The van der Waals surface area contributed by atoms with E-state index in [-0.39, 0.29) is 18.3 Å². The topological polar surface area (TPSA) is 54.5 Å². The molecule has 27 heavy (non-hydrogen) atoms. The Morgan fingerprint density at radius 2 is 1.74 bits per heavy atom. The summed E-state index contributed by atoms with van der Waals surface area (Å²) in [6.45, 7) is 0.494. The molecule has 2 bridgehead atoms. The molecule has 2 atom stereocenters. The molecule has 2 aromatic rings. The Hall–Kier alpha value is -2.11. The number of hydrogen-bond donors (Lipinski definition) is 1. The molecular formula is C21H26ClN3O2. The van der Waals surface area contributed by atoms with Gasteiger partial charge in [-0.1, -0.05) is 0 Å². The van der Waals surface area contributed by atoms with Crippen molar-refractivity contribution in [2.24, 2.45) is 0 Å². The van der Waals surface area contributed by atoms with E-state index in [0.717, 1.165) is 29.7 Å². The van der Waals surface area contributed by atoms with Crippen molar-refractivity contribution in [2.75, 3.05) is 7.05 Å². The summed E-state index contributed by atoms with van der Waals surface area (Å²) in [4.78, 5) is 18.8. The minimum atomic E-state index is 0. The minimum absolute atomic E-state index is 0. The Balaban J connectivity index is 0.00000210. The van der Waals surface area contributed by atoms with Crippen molar-refractivity contribution in [3.05, 3.63) is 59.9 Å². The van der Waals surface area contributed by atoms with Crippen molar-refractivity contribution in [2.45, 2.75) is 50.4 Å². The zero-order valence-electron chi connectivity index (χ0n) is 15.5. The molecule has 2 fully saturated rings. The molecule has 1 aromatic heterocycles. The number of benzene rings is 1. The van der Waals surface area contributed by atoms with Gasteiger partial charge in [0.2, 0.25) is 0 Å². The van der Waals surface area contributed by atoms with E-state index in [1.165, 1.54) is 12.8 Å². The van der Waals surface area contributed by atoms with Crippen molar-refractivity contribution < 1.29 is 9.53 Å². The van der Waals surface area contributed by atoms with Gasteiger partial charge in [0.1, 0.15) is 12.4 Å². The average molecular weight is 388 g/mol. The Morgan fingerprint density at radius 3 is 2.37 bits per heavy atom. The number of pyridine rings is 1. The van der Waals surface area contributed by atoms with Gasteiger partial charge in [-0.25, -0.2) is 0 Å². The van der Waals surface area contributed by atoms with E-state index >= 15 is 0 Å². The fourth-order valence-corrected chi connectivity index (χ4v) is 4.05. The molecule has 1 aromatic carbocycles. The lowest BCUT2D eigenvalue weighted by atomic mass is 9.98. The van der Waals surface area contributed by atoms with E-state index in [2.05, 4.69) is 10.3 Å². The number of hydrogen-bond acceptors (Lipinski definition) is 4. The van der Waals surface area contributed by atoms with Crippen molar-refractivity contribution in [1.29, 1.82) is 0 Å². The molecule has 0 spiro atoms. The summed E-state index contributed by atoms with van der Waals surface area (Å²) in [7, 11) is 1.94. The molecule has 6 heteroatoms. The van der Waals surface area contributed by atoms with Crippen LogP contribution in [0.25, 0.3) is 0 Å². The van der Waals surface area contributed by atoms with E-state index in [1.54, 1.807) is 12.4 Å². The first kappa shape index (κ1) is 19.6. The lowest BCUT2D eigenvalue weighted by Crippen LogP contribution is -2.48. The van der Waals surface area contributed by atoms with Gasteiger partial charge in [0, 0.05) is 43.1 Å². The Kier molecular flexibility index (Phi) is 6.34. The Morgan fingerprint density at radius 1 is 1.11 bits per heavy atom. The number of amides is 1. The highest BCUT2D eigenvalue weighted by atomic mass is 35.5. The van der Waals surface area contributed by atoms with Gasteiger partial charge in [-0.3, -0.25) is 9.78 Å². The molecule has 5 nitrogen and oxygen atoms in total. The van der Waals surface area contributed by atoms with Gasteiger partial charge >= 0.3 is 0 Å². The van der Waals surface area contributed by atoms with Gasteiger partial charge in [0.05, 0.1) is 0 Å². The highest BCUT2D eigenvalue weighted by molar-refractivity contribution is 5.94. The van der Waals surface area contributed by atoms with Crippen LogP contribution in [0.2, 0.25) is 0 Å². The van der Waals surface area contributed by atoms with E-state index in [4.69, 9.17) is 4.74 Å². The first-order valence-electron chi connectivity index (χ1n) is 9.34. The van der Waals surface area contributed by atoms with Crippen LogP contribution in [-0.4, -0.2) is 41.0 Å². The number of carbonyl (C=O) groups is 1. The van der Waals surface area contributed by atoms with Crippen LogP contribution in [0.1, 0.15) is 41.6 Å². The molecule has 0 saturated carbocycles. The van der Waals surface area contributed by atoms with Crippen LogP contribution in [0.4, 0.5) is 0 Å². The van der Waals surface area contributed by atoms with Crippen LogP contribution >= 0.6 is 12.4 Å². The SMILES string of the molecule is CN(C(=O)c1ccc(OCc2ccncc2)cc1)C1CC2CCC(C1)N2.Cl. The van der Waals surface area contributed by atoms with Crippen LogP contribution in [-0.2, 0) is 6.61 Å². The molecule has 0 aliphatic carbocycles. The number of carbonyl (C=O) groups excluding carboxylic acids is 1. The highest BCUT2D eigenvalue weighted by Crippen LogP contribution is 2.30. The molecule has 2 saturated heterocycles. The predicted molar refractivity (Wildman–Crippen MR) is 107 cm³/mol. The molecular weight excluding hydrogens is 362 g/mol. The molecule has 1 N–H and O–H groups in total. The third-order valence-electron chi connectivity index (χ3n) is 5.57. The van der Waals surface area contributed by atoms with E-state index < -0.39 is 0 Å². The monoisotopic (exact) mass is 387 g/mol. The summed E-state index contributed by atoms with van der Waals surface area (Å²) in [6, 6.07) is 12.8. The quantitative estimate of drug-likeness (QED) is 0.853. The fraction of sp³-hybridized carbons (Fsp3) is 0.429. The van der Waals surface area contributed by atoms with Crippen LogP contribution in [0.5, 0.6) is 5.75 Å². The molecule has 2 aliphatic heterocycles. The van der Waals surface area contributed by atoms with Gasteiger partial charge in [0.25, 0.3) is 5.91 Å². The average Bonchev–Trinajstić information content (AvgIpc) is 3.04. The molecule has 2 aliphatic rings. The number of piperidine rings is 1. The molecule has 1 amide bonds. The van der Waals surface area contributed by atoms with Crippen molar-refractivity contribution >= 4 is 18.3 Å². The van der Waals surface area contributed by atoms with Gasteiger partial charge in [-0.15, -0.1) is 12.4 Å². The number of nitrogens with one attached hydrogen (secondary N) is 1. The van der Waals surface area contributed by atoms with Crippen LogP contribution in [0, 0.1) is 0 Å². The van der Waals surface area contributed by atoms with Gasteiger partial charge in [-0.2, -0.15) is 0 Å². The van der Waals surface area contributed by atoms with E-state index in [0.29, 0.717) is 24.7 Å². The number of nitrogens with zero attached hydrogens (tertiary/aromatic N) is 2. The first-order chi connectivity index (χ1) is 12.7. The second kappa shape index (κ2) is 8.72. The lowest BCUT2D eigenvalue weighted by molar-refractivity contribution is 0.0681. The maximum absolute atomic E-state index is 12.8. The number of halogens is 1. The number of rotatable bonds is 5. The molecule has 3 heterocycles. The smallest absolute Gasteiger partial charge is 0.253 e. The third kappa shape index (κ3) is 4.60. The van der Waals surface area contributed by atoms with Crippen LogP contribution < -0.4 is 10.1 Å². The number of fused-ring (bicyclic) bond motifs is 2. The third-order valence-corrected chi connectivity index (χ3v) is 5.57. The summed E-state index contributed by atoms with van der Waals surface area (Å²) in [5, 5.41) is 3.63. The highest BCUT2D eigenvalue weighted by Gasteiger charge is 2.36. The Labute approximate surface area is 166 Å². The zero-order valence-corrected chi connectivity index (χ0v) is 16.3. The summed E-state index contributed by atoms with van der Waals surface area (Å²) in [5.41, 5.74) is 1.79.